The average Bonchev–Trinajstić information content (AvgIpc) is 3.15. The maximum atomic E-state index is 12.2. The van der Waals surface area contributed by atoms with Crippen LogP contribution in [0.5, 0.6) is 0 Å². The van der Waals surface area contributed by atoms with E-state index in [0.717, 1.165) is 25.7 Å². The standard InChI is InChI=1S/C17H23NO3S/c1-11(16(19)18-13-7-3-4-8-13)21-17(20)15-10-12-6-2-5-9-14(12)22-15/h10-11,13H,2-9H2,1H3,(H,18,19)/t11-/m0/s1. The van der Waals surface area contributed by atoms with Crippen LogP contribution < -0.4 is 5.32 Å². The summed E-state index contributed by atoms with van der Waals surface area (Å²) in [5.41, 5.74) is 1.28. The van der Waals surface area contributed by atoms with Crippen LogP contribution in [0.2, 0.25) is 0 Å². The van der Waals surface area contributed by atoms with Crippen molar-refractivity contribution in [2.24, 2.45) is 0 Å². The lowest BCUT2D eigenvalue weighted by molar-refractivity contribution is -0.129. The number of amides is 1. The van der Waals surface area contributed by atoms with Crippen LogP contribution in [0.4, 0.5) is 0 Å². The Labute approximate surface area is 135 Å². The Morgan fingerprint density at radius 2 is 1.95 bits per heavy atom. The normalized spacial score (nSPS) is 19.5. The summed E-state index contributed by atoms with van der Waals surface area (Å²) >= 11 is 1.52. The monoisotopic (exact) mass is 321 g/mol. The lowest BCUT2D eigenvalue weighted by atomic mass is 9.99. The van der Waals surface area contributed by atoms with Crippen LogP contribution in [0.15, 0.2) is 6.07 Å². The molecule has 1 N–H and O–H groups in total. The fraction of sp³-hybridized carbons (Fsp3) is 0.647. The highest BCUT2D eigenvalue weighted by Gasteiger charge is 2.25. The number of hydrogen-bond donors (Lipinski definition) is 1. The van der Waals surface area contributed by atoms with Gasteiger partial charge in [-0.25, -0.2) is 4.79 Å². The van der Waals surface area contributed by atoms with Gasteiger partial charge >= 0.3 is 5.97 Å². The second-order valence-corrected chi connectivity index (χ2v) is 7.44. The Hall–Kier alpha value is -1.36. The number of hydrogen-bond acceptors (Lipinski definition) is 4. The van der Waals surface area contributed by atoms with Crippen molar-refractivity contribution in [2.75, 3.05) is 0 Å². The molecule has 120 valence electrons. The molecular formula is C17H23NO3S. The van der Waals surface area contributed by atoms with E-state index in [0.29, 0.717) is 4.88 Å². The summed E-state index contributed by atoms with van der Waals surface area (Å²) in [4.78, 5) is 26.2. The largest absolute Gasteiger partial charge is 0.448 e. The van der Waals surface area contributed by atoms with Crippen molar-refractivity contribution >= 4 is 23.2 Å². The quantitative estimate of drug-likeness (QED) is 0.866. The summed E-state index contributed by atoms with van der Waals surface area (Å²) in [5.74, 6) is -0.546. The van der Waals surface area contributed by atoms with Crippen LogP contribution in [-0.2, 0) is 22.4 Å². The number of esters is 1. The Bertz CT molecular complexity index is 537. The summed E-state index contributed by atoms with van der Waals surface area (Å²) in [6, 6.07) is 2.20. The van der Waals surface area contributed by atoms with Gasteiger partial charge in [0.2, 0.25) is 0 Å². The molecule has 0 saturated heterocycles. The number of nitrogens with one attached hydrogen (secondary N) is 1. The van der Waals surface area contributed by atoms with Crippen molar-refractivity contribution in [3.8, 4) is 0 Å². The zero-order valence-corrected chi connectivity index (χ0v) is 13.8. The molecule has 22 heavy (non-hydrogen) atoms. The van der Waals surface area contributed by atoms with Crippen LogP contribution in [-0.4, -0.2) is 24.0 Å². The topological polar surface area (TPSA) is 55.4 Å². The molecule has 0 spiro atoms. The SMILES string of the molecule is C[C@H](OC(=O)c1cc2c(s1)CCCC2)C(=O)NC1CCCC1. The van der Waals surface area contributed by atoms with E-state index in [9.17, 15) is 9.59 Å². The zero-order chi connectivity index (χ0) is 15.5. The Morgan fingerprint density at radius 3 is 2.68 bits per heavy atom. The number of ether oxygens (including phenoxy) is 1. The van der Waals surface area contributed by atoms with Gasteiger partial charge in [0.25, 0.3) is 5.91 Å². The van der Waals surface area contributed by atoms with Crippen molar-refractivity contribution in [3.63, 3.8) is 0 Å². The van der Waals surface area contributed by atoms with Crippen molar-refractivity contribution in [2.45, 2.75) is 70.4 Å². The Morgan fingerprint density at radius 1 is 1.23 bits per heavy atom. The second-order valence-electron chi connectivity index (χ2n) is 6.30. The molecular weight excluding hydrogens is 298 g/mol. The zero-order valence-electron chi connectivity index (χ0n) is 13.0. The molecule has 1 fully saturated rings. The summed E-state index contributed by atoms with van der Waals surface area (Å²) in [6.45, 7) is 1.65. The van der Waals surface area contributed by atoms with Crippen molar-refractivity contribution in [1.29, 1.82) is 0 Å². The lowest BCUT2D eigenvalue weighted by Gasteiger charge is -2.16. The molecule has 3 rings (SSSR count). The minimum absolute atomic E-state index is 0.179. The number of fused-ring (bicyclic) bond motifs is 1. The van der Waals surface area contributed by atoms with Crippen LogP contribution in [0.3, 0.4) is 0 Å². The van der Waals surface area contributed by atoms with Crippen molar-refractivity contribution in [3.05, 3.63) is 21.4 Å². The van der Waals surface area contributed by atoms with Gasteiger partial charge in [0, 0.05) is 10.9 Å². The molecule has 0 aromatic carbocycles. The van der Waals surface area contributed by atoms with Gasteiger partial charge in [0.15, 0.2) is 6.10 Å². The molecule has 0 radical (unpaired) electrons. The number of carbonyl (C=O) groups is 2. The van der Waals surface area contributed by atoms with Gasteiger partial charge in [-0.15, -0.1) is 11.3 Å². The van der Waals surface area contributed by atoms with Crippen LogP contribution >= 0.6 is 11.3 Å². The Kier molecular flexibility index (Phi) is 4.81. The predicted octanol–water partition coefficient (Wildman–Crippen LogP) is 3.23. The highest BCUT2D eigenvalue weighted by molar-refractivity contribution is 7.14. The molecule has 2 aliphatic carbocycles. The molecule has 5 heteroatoms. The highest BCUT2D eigenvalue weighted by Crippen LogP contribution is 2.30. The van der Waals surface area contributed by atoms with E-state index >= 15 is 0 Å². The van der Waals surface area contributed by atoms with Gasteiger partial charge in [-0.2, -0.15) is 0 Å². The Balaban J connectivity index is 1.56. The number of rotatable bonds is 4. The van der Waals surface area contributed by atoms with E-state index < -0.39 is 6.10 Å². The van der Waals surface area contributed by atoms with Gasteiger partial charge in [-0.3, -0.25) is 4.79 Å². The maximum Gasteiger partial charge on any atom is 0.349 e. The third kappa shape index (κ3) is 3.51. The van der Waals surface area contributed by atoms with Gasteiger partial charge in [-0.1, -0.05) is 12.8 Å². The molecule has 0 aliphatic heterocycles. The van der Waals surface area contributed by atoms with Crippen LogP contribution in [0.1, 0.15) is 65.6 Å². The molecule has 4 nitrogen and oxygen atoms in total. The number of aryl methyl sites for hydroxylation is 2. The van der Waals surface area contributed by atoms with Crippen molar-refractivity contribution < 1.29 is 14.3 Å². The van der Waals surface area contributed by atoms with Gasteiger partial charge < -0.3 is 10.1 Å². The first kappa shape index (κ1) is 15.5. The summed E-state index contributed by atoms with van der Waals surface area (Å²) in [5, 5.41) is 2.97. The summed E-state index contributed by atoms with van der Waals surface area (Å²) in [6.07, 6.45) is 8.17. The van der Waals surface area contributed by atoms with E-state index in [2.05, 4.69) is 5.32 Å². The molecule has 2 aliphatic rings. The molecule has 1 atom stereocenters. The average molecular weight is 321 g/mol. The van der Waals surface area contributed by atoms with Crippen molar-refractivity contribution in [1.82, 2.24) is 5.32 Å². The van der Waals surface area contributed by atoms with Gasteiger partial charge in [0.1, 0.15) is 4.88 Å². The molecule has 1 saturated carbocycles. The highest BCUT2D eigenvalue weighted by atomic mass is 32.1. The first-order valence-corrected chi connectivity index (χ1v) is 9.08. The molecule has 1 heterocycles. The molecule has 1 aromatic heterocycles. The van der Waals surface area contributed by atoms with Crippen LogP contribution in [0, 0.1) is 0 Å². The van der Waals surface area contributed by atoms with Gasteiger partial charge in [0.05, 0.1) is 0 Å². The smallest absolute Gasteiger partial charge is 0.349 e. The molecule has 0 unspecified atom stereocenters. The van der Waals surface area contributed by atoms with E-state index in [-0.39, 0.29) is 17.9 Å². The first-order valence-electron chi connectivity index (χ1n) is 8.26. The van der Waals surface area contributed by atoms with E-state index in [1.807, 2.05) is 6.07 Å². The second kappa shape index (κ2) is 6.82. The van der Waals surface area contributed by atoms with Gasteiger partial charge in [-0.05, 0) is 57.1 Å². The summed E-state index contributed by atoms with van der Waals surface area (Å²) in [7, 11) is 0. The molecule has 1 amide bonds. The lowest BCUT2D eigenvalue weighted by Crippen LogP contribution is -2.40. The fourth-order valence-electron chi connectivity index (χ4n) is 3.25. The number of carbonyl (C=O) groups excluding carboxylic acids is 2. The third-order valence-corrected chi connectivity index (χ3v) is 5.77. The molecule has 1 aromatic rings. The van der Waals surface area contributed by atoms with E-state index in [1.165, 1.54) is 47.5 Å². The minimum atomic E-state index is -0.729. The number of thiophene rings is 1. The predicted molar refractivity (Wildman–Crippen MR) is 86.2 cm³/mol. The molecule has 0 bridgehead atoms. The summed E-state index contributed by atoms with van der Waals surface area (Å²) < 4.78 is 5.35. The van der Waals surface area contributed by atoms with E-state index in [4.69, 9.17) is 4.74 Å². The minimum Gasteiger partial charge on any atom is -0.448 e. The van der Waals surface area contributed by atoms with E-state index in [1.54, 1.807) is 6.92 Å². The first-order chi connectivity index (χ1) is 10.6. The third-order valence-electron chi connectivity index (χ3n) is 4.55. The maximum absolute atomic E-state index is 12.2. The van der Waals surface area contributed by atoms with Crippen LogP contribution in [0.25, 0.3) is 0 Å². The fourth-order valence-corrected chi connectivity index (χ4v) is 4.39.